The van der Waals surface area contributed by atoms with Gasteiger partial charge in [-0.25, -0.2) is 0 Å². The zero-order valence-corrected chi connectivity index (χ0v) is 10.9. The molecule has 1 aromatic carbocycles. The lowest BCUT2D eigenvalue weighted by Crippen LogP contribution is -2.25. The number of anilines is 1. The molecule has 4 nitrogen and oxygen atoms in total. The third kappa shape index (κ3) is 2.91. The fraction of sp³-hybridized carbons (Fsp3) is 0.385. The predicted molar refractivity (Wildman–Crippen MR) is 71.4 cm³/mol. The molecule has 0 saturated carbocycles. The maximum absolute atomic E-state index is 11.9. The normalized spacial score (nSPS) is 19.3. The van der Waals surface area contributed by atoms with Crippen LogP contribution in [0.3, 0.4) is 0 Å². The summed E-state index contributed by atoms with van der Waals surface area (Å²) < 4.78 is 0. The molecule has 0 spiro atoms. The molecule has 0 aliphatic carbocycles. The Morgan fingerprint density at radius 3 is 3.00 bits per heavy atom. The zero-order valence-electron chi connectivity index (χ0n) is 10.1. The molecular formula is C13H15NO3S. The van der Waals surface area contributed by atoms with Crippen molar-refractivity contribution in [2.75, 3.05) is 11.4 Å². The van der Waals surface area contributed by atoms with Gasteiger partial charge < -0.3 is 10.0 Å². The third-order valence-electron chi connectivity index (χ3n) is 2.83. The Hall–Kier alpha value is -1.33. The lowest BCUT2D eigenvalue weighted by atomic mass is 10.2. The van der Waals surface area contributed by atoms with Gasteiger partial charge in [-0.3, -0.25) is 9.59 Å². The maximum atomic E-state index is 11.9. The van der Waals surface area contributed by atoms with Gasteiger partial charge in [0.05, 0.1) is 6.61 Å². The van der Waals surface area contributed by atoms with Gasteiger partial charge in [0.15, 0.2) is 5.12 Å². The summed E-state index contributed by atoms with van der Waals surface area (Å²) in [4.78, 5) is 24.6. The summed E-state index contributed by atoms with van der Waals surface area (Å²) >= 11 is 1.22. The molecule has 1 saturated heterocycles. The van der Waals surface area contributed by atoms with Gasteiger partial charge in [-0.05, 0) is 17.7 Å². The lowest BCUT2D eigenvalue weighted by molar-refractivity contribution is -0.117. The highest BCUT2D eigenvalue weighted by Crippen LogP contribution is 2.28. The van der Waals surface area contributed by atoms with Crippen molar-refractivity contribution < 1.29 is 14.7 Å². The minimum Gasteiger partial charge on any atom is -0.392 e. The third-order valence-corrected chi connectivity index (χ3v) is 3.81. The van der Waals surface area contributed by atoms with E-state index in [2.05, 4.69) is 0 Å². The van der Waals surface area contributed by atoms with Crippen LogP contribution in [0.4, 0.5) is 5.69 Å². The Morgan fingerprint density at radius 1 is 1.56 bits per heavy atom. The molecule has 1 atom stereocenters. The Labute approximate surface area is 110 Å². The van der Waals surface area contributed by atoms with Crippen LogP contribution in [0.25, 0.3) is 0 Å². The summed E-state index contributed by atoms with van der Waals surface area (Å²) in [5.41, 5.74) is 1.57. The molecule has 0 radical (unpaired) electrons. The maximum Gasteiger partial charge on any atom is 0.228 e. The van der Waals surface area contributed by atoms with Crippen LogP contribution in [-0.4, -0.2) is 27.9 Å². The molecule has 1 unspecified atom stereocenters. The van der Waals surface area contributed by atoms with E-state index in [9.17, 15) is 9.59 Å². The fourth-order valence-corrected chi connectivity index (χ4v) is 2.98. The molecule has 1 aliphatic rings. The number of amides is 1. The molecule has 1 aromatic rings. The summed E-state index contributed by atoms with van der Waals surface area (Å²) in [7, 11) is 0. The number of hydrogen-bond donors (Lipinski definition) is 1. The number of thioether (sulfide) groups is 1. The van der Waals surface area contributed by atoms with Crippen molar-refractivity contribution in [1.29, 1.82) is 0 Å². The van der Waals surface area contributed by atoms with E-state index in [1.165, 1.54) is 18.7 Å². The van der Waals surface area contributed by atoms with E-state index in [1.54, 1.807) is 11.0 Å². The van der Waals surface area contributed by atoms with Gasteiger partial charge in [0.2, 0.25) is 5.91 Å². The number of carbonyl (C=O) groups excluding carboxylic acids is 2. The average molecular weight is 265 g/mol. The van der Waals surface area contributed by atoms with E-state index < -0.39 is 0 Å². The highest BCUT2D eigenvalue weighted by Gasteiger charge is 2.31. The Morgan fingerprint density at radius 2 is 2.33 bits per heavy atom. The number of aliphatic hydroxyl groups is 1. The standard InChI is InChI=1S/C13H15NO3S/c1-9(16)18-12-6-13(17)14(7-12)11-4-2-3-10(5-11)8-15/h2-5,12,15H,6-8H2,1H3. The predicted octanol–water partition coefficient (Wildman–Crippen LogP) is 1.56. The first-order valence-electron chi connectivity index (χ1n) is 5.77. The highest BCUT2D eigenvalue weighted by atomic mass is 32.2. The molecule has 5 heteroatoms. The molecule has 0 aromatic heterocycles. The Bertz CT molecular complexity index is 475. The molecular weight excluding hydrogens is 250 g/mol. The molecule has 1 fully saturated rings. The molecule has 1 N–H and O–H groups in total. The summed E-state index contributed by atoms with van der Waals surface area (Å²) in [6, 6.07) is 7.28. The molecule has 96 valence electrons. The number of benzene rings is 1. The number of aliphatic hydroxyl groups excluding tert-OH is 1. The van der Waals surface area contributed by atoms with Crippen molar-refractivity contribution in [3.63, 3.8) is 0 Å². The van der Waals surface area contributed by atoms with Crippen LogP contribution in [-0.2, 0) is 16.2 Å². The van der Waals surface area contributed by atoms with Gasteiger partial charge in [-0.15, -0.1) is 0 Å². The van der Waals surface area contributed by atoms with Gasteiger partial charge in [0, 0.05) is 30.8 Å². The quantitative estimate of drug-likeness (QED) is 0.901. The average Bonchev–Trinajstić information content (AvgIpc) is 2.69. The highest BCUT2D eigenvalue weighted by molar-refractivity contribution is 8.14. The van der Waals surface area contributed by atoms with E-state index in [-0.39, 0.29) is 22.9 Å². The van der Waals surface area contributed by atoms with E-state index >= 15 is 0 Å². The lowest BCUT2D eigenvalue weighted by Gasteiger charge is -2.17. The number of hydrogen-bond acceptors (Lipinski definition) is 4. The van der Waals surface area contributed by atoms with Crippen LogP contribution < -0.4 is 4.90 Å². The molecule has 1 amide bonds. The number of rotatable bonds is 3. The van der Waals surface area contributed by atoms with Gasteiger partial charge in [-0.2, -0.15) is 0 Å². The number of carbonyl (C=O) groups is 2. The van der Waals surface area contributed by atoms with Crippen LogP contribution >= 0.6 is 11.8 Å². The van der Waals surface area contributed by atoms with Crippen LogP contribution in [0.1, 0.15) is 18.9 Å². The van der Waals surface area contributed by atoms with E-state index in [4.69, 9.17) is 5.11 Å². The van der Waals surface area contributed by atoms with Crippen molar-refractivity contribution in [3.8, 4) is 0 Å². The summed E-state index contributed by atoms with van der Waals surface area (Å²) in [6.07, 6.45) is 0.396. The van der Waals surface area contributed by atoms with E-state index in [1.807, 2.05) is 18.2 Å². The van der Waals surface area contributed by atoms with Gasteiger partial charge in [0.25, 0.3) is 0 Å². The first kappa shape index (κ1) is 13.1. The van der Waals surface area contributed by atoms with E-state index in [0.717, 1.165) is 11.3 Å². The van der Waals surface area contributed by atoms with Crippen LogP contribution in [0.15, 0.2) is 24.3 Å². The topological polar surface area (TPSA) is 57.6 Å². The molecule has 0 bridgehead atoms. The summed E-state index contributed by atoms with van der Waals surface area (Å²) in [5, 5.41) is 9.16. The van der Waals surface area contributed by atoms with Crippen molar-refractivity contribution in [1.82, 2.24) is 0 Å². The van der Waals surface area contributed by atoms with Crippen molar-refractivity contribution >= 4 is 28.5 Å². The fourth-order valence-electron chi connectivity index (χ4n) is 2.06. The van der Waals surface area contributed by atoms with Gasteiger partial charge in [-0.1, -0.05) is 23.9 Å². The SMILES string of the molecule is CC(=O)SC1CC(=O)N(c2cccc(CO)c2)C1. The molecule has 1 aliphatic heterocycles. The zero-order chi connectivity index (χ0) is 13.1. The summed E-state index contributed by atoms with van der Waals surface area (Å²) in [6.45, 7) is 2.03. The molecule has 2 rings (SSSR count). The van der Waals surface area contributed by atoms with Crippen LogP contribution in [0.2, 0.25) is 0 Å². The minimum atomic E-state index is -0.0402. The Kier molecular flexibility index (Phi) is 4.04. The van der Waals surface area contributed by atoms with Crippen molar-refractivity contribution in [2.24, 2.45) is 0 Å². The van der Waals surface area contributed by atoms with Gasteiger partial charge >= 0.3 is 0 Å². The molecule has 1 heterocycles. The Balaban J connectivity index is 2.13. The first-order chi connectivity index (χ1) is 8.60. The second kappa shape index (κ2) is 5.54. The minimum absolute atomic E-state index is 0.0313. The number of nitrogens with zero attached hydrogens (tertiary/aromatic N) is 1. The first-order valence-corrected chi connectivity index (χ1v) is 6.65. The monoisotopic (exact) mass is 265 g/mol. The van der Waals surface area contributed by atoms with Crippen LogP contribution in [0, 0.1) is 0 Å². The summed E-state index contributed by atoms with van der Waals surface area (Å²) in [5.74, 6) is 0.0313. The van der Waals surface area contributed by atoms with Crippen molar-refractivity contribution in [2.45, 2.75) is 25.2 Å². The largest absolute Gasteiger partial charge is 0.392 e. The smallest absolute Gasteiger partial charge is 0.228 e. The van der Waals surface area contributed by atoms with Crippen molar-refractivity contribution in [3.05, 3.63) is 29.8 Å². The second-order valence-corrected chi connectivity index (χ2v) is 5.75. The second-order valence-electron chi connectivity index (χ2n) is 4.27. The van der Waals surface area contributed by atoms with Gasteiger partial charge in [0.1, 0.15) is 0 Å². The molecule has 18 heavy (non-hydrogen) atoms. The van der Waals surface area contributed by atoms with E-state index in [0.29, 0.717) is 13.0 Å². The van der Waals surface area contributed by atoms with Crippen LogP contribution in [0.5, 0.6) is 0 Å².